The number of carbonyl (C=O) groups is 1. The van der Waals surface area contributed by atoms with Gasteiger partial charge in [0, 0.05) is 24.4 Å². The summed E-state index contributed by atoms with van der Waals surface area (Å²) in [4.78, 5) is 16.7. The van der Waals surface area contributed by atoms with Crippen LogP contribution >= 0.6 is 23.2 Å². The minimum atomic E-state index is -4.00. The van der Waals surface area contributed by atoms with E-state index in [-0.39, 0.29) is 79.5 Å². The van der Waals surface area contributed by atoms with Crippen LogP contribution in [-0.4, -0.2) is 50.5 Å². The number of anilines is 1. The van der Waals surface area contributed by atoms with Gasteiger partial charge in [-0.1, -0.05) is 103 Å². The van der Waals surface area contributed by atoms with Crippen molar-refractivity contribution in [3.8, 4) is 22.5 Å². The van der Waals surface area contributed by atoms with Crippen LogP contribution in [0.5, 0.6) is 0 Å². The van der Waals surface area contributed by atoms with Crippen LogP contribution in [-0.2, 0) is 36.0 Å². The van der Waals surface area contributed by atoms with Crippen LogP contribution in [0, 0.1) is 0 Å². The number of rotatable bonds is 11. The molecule has 13 nitrogen and oxygen atoms in total. The molecule has 1 atom stereocenters. The Hall–Kier alpha value is -3.48. The Morgan fingerprint density at radius 2 is 1.73 bits per heavy atom. The maximum absolute atomic E-state index is 12.5. The predicted molar refractivity (Wildman–Crippen MR) is 207 cm³/mol. The van der Waals surface area contributed by atoms with Crippen molar-refractivity contribution in [1.29, 1.82) is 0 Å². The van der Waals surface area contributed by atoms with Crippen LogP contribution in [0.15, 0.2) is 95.9 Å². The number of aliphatic hydroxyl groups is 1. The minimum absolute atomic E-state index is 0. The van der Waals surface area contributed by atoms with Gasteiger partial charge in [0.1, 0.15) is 10.7 Å². The minimum Gasteiger partial charge on any atom is -0.390 e. The van der Waals surface area contributed by atoms with Crippen LogP contribution < -0.4 is 72.1 Å². The topological polar surface area (TPSA) is 183 Å². The number of unbranched alkanes of at least 4 members (excludes halogenated alkanes) is 1. The first kappa shape index (κ1) is 42.7. The number of sulfonamides is 1. The monoisotopic (exact) mass is 825 g/mol. The van der Waals surface area contributed by atoms with Crippen LogP contribution in [0.25, 0.3) is 22.5 Å². The number of tetrazole rings is 1. The molecule has 0 bridgehead atoms. The third-order valence-electron chi connectivity index (χ3n) is 9.03. The molecule has 4 aromatic carbocycles. The van der Waals surface area contributed by atoms with E-state index in [1.54, 1.807) is 5.01 Å². The molecule has 3 heterocycles. The second-order valence-corrected chi connectivity index (χ2v) is 15.0. The van der Waals surface area contributed by atoms with Gasteiger partial charge >= 0.3 is 51.4 Å². The van der Waals surface area contributed by atoms with Gasteiger partial charge < -0.3 is 14.8 Å². The van der Waals surface area contributed by atoms with Crippen molar-refractivity contribution in [2.75, 3.05) is 5.01 Å². The first-order chi connectivity index (χ1) is 26.0. The third-order valence-corrected chi connectivity index (χ3v) is 10.7. The second kappa shape index (κ2) is 19.1. The number of aliphatic hydroxyl groups excluding tert-OH is 1. The van der Waals surface area contributed by atoms with Gasteiger partial charge in [-0.25, -0.2) is 18.5 Å². The van der Waals surface area contributed by atoms with Gasteiger partial charge in [-0.15, -0.1) is 0 Å². The van der Waals surface area contributed by atoms with E-state index < -0.39 is 15.9 Å². The van der Waals surface area contributed by atoms with Gasteiger partial charge in [-0.3, -0.25) is 25.5 Å². The normalized spacial score (nSPS) is 13.4. The summed E-state index contributed by atoms with van der Waals surface area (Å²) in [5, 5.41) is 32.2. The van der Waals surface area contributed by atoms with Gasteiger partial charge in [-0.05, 0) is 71.8 Å². The SMILES string of the molecule is CC1Cc2ccccc2N1NC(=O)c1ccc(Cl)c(S(N)(=O)=O)c1.CCCCc1nc(Cl)c(CO)n1Cc1ccc(-c2ccccc2-c2nnn[n-]2)cc1.[K+]. The number of hydrogen-bond acceptors (Lipinski definition) is 9. The molecule has 1 aliphatic rings. The van der Waals surface area contributed by atoms with Gasteiger partial charge in [0.05, 0.1) is 29.1 Å². The standard InChI is InChI=1S/C22H22ClN6O.C16H16ClN3O3S.K/c1-2-3-8-20-24-21(23)19(14-30)29(20)13-15-9-11-16(12-10-15)17-6-4-5-7-18(17)22-25-27-28-26-22;1-10-8-11-4-2-3-5-14(11)20(10)19-16(21)12-6-7-13(17)15(9-12)24(18,22)23;/h4-7,9-12,30H,2-3,8,13-14H2,1H3;2-7,9-10H,8H2,1H3,(H,19,21)(H2,18,22,23);/q-1;;+1. The molecule has 0 fully saturated rings. The fourth-order valence-corrected chi connectivity index (χ4v) is 7.63. The molecule has 1 aliphatic heterocycles. The maximum atomic E-state index is 12.5. The van der Waals surface area contributed by atoms with E-state index in [0.29, 0.717) is 23.2 Å². The van der Waals surface area contributed by atoms with E-state index in [2.05, 4.69) is 62.2 Å². The fourth-order valence-electron chi connectivity index (χ4n) is 6.30. The zero-order valence-electron chi connectivity index (χ0n) is 30.5. The maximum Gasteiger partial charge on any atom is 1.00 e. The number of benzene rings is 4. The number of hydrogen-bond donors (Lipinski definition) is 3. The number of hydrazine groups is 1. The number of nitrogens with two attached hydrogens (primary N) is 1. The van der Waals surface area contributed by atoms with E-state index in [1.807, 2.05) is 60.0 Å². The molecule has 0 aliphatic carbocycles. The number of imidazole rings is 1. The molecule has 1 unspecified atom stereocenters. The molecule has 1 amide bonds. The van der Waals surface area contributed by atoms with Crippen molar-refractivity contribution in [3.63, 3.8) is 0 Å². The second-order valence-electron chi connectivity index (χ2n) is 12.7. The van der Waals surface area contributed by atoms with Crippen molar-refractivity contribution in [3.05, 3.63) is 129 Å². The fraction of sp³-hybridized carbons (Fsp3) is 0.237. The van der Waals surface area contributed by atoms with Gasteiger partial charge in [0.2, 0.25) is 10.0 Å². The molecular weight excluding hydrogens is 789 g/mol. The van der Waals surface area contributed by atoms with Crippen molar-refractivity contribution < 1.29 is 69.7 Å². The molecule has 55 heavy (non-hydrogen) atoms. The number of nitrogens with zero attached hydrogens (tertiary/aromatic N) is 7. The zero-order chi connectivity index (χ0) is 38.4. The Kier molecular flexibility index (Phi) is 14.8. The number of para-hydroxylation sites is 1. The third kappa shape index (κ3) is 10.1. The summed E-state index contributed by atoms with van der Waals surface area (Å²) < 4.78 is 25.1. The van der Waals surface area contributed by atoms with E-state index >= 15 is 0 Å². The summed E-state index contributed by atoms with van der Waals surface area (Å²) in [5.41, 5.74) is 9.78. The van der Waals surface area contributed by atoms with Crippen molar-refractivity contribution in [2.24, 2.45) is 5.14 Å². The quantitative estimate of drug-likeness (QED) is 0.164. The molecule has 4 N–H and O–H groups in total. The van der Waals surface area contributed by atoms with Gasteiger partial charge in [-0.2, -0.15) is 5.21 Å². The molecule has 280 valence electrons. The summed E-state index contributed by atoms with van der Waals surface area (Å²) in [6.07, 6.45) is 3.76. The number of amides is 1. The van der Waals surface area contributed by atoms with Crippen LogP contribution in [0.3, 0.4) is 0 Å². The Labute approximate surface area is 372 Å². The number of aromatic nitrogens is 6. The largest absolute Gasteiger partial charge is 1.00 e. The number of carbonyl (C=O) groups excluding carboxylic acids is 1. The molecule has 17 heteroatoms. The number of primary sulfonamides is 1. The summed E-state index contributed by atoms with van der Waals surface area (Å²) >= 11 is 12.1. The predicted octanol–water partition coefficient (Wildman–Crippen LogP) is 2.98. The van der Waals surface area contributed by atoms with E-state index in [1.165, 1.54) is 18.2 Å². The summed E-state index contributed by atoms with van der Waals surface area (Å²) in [7, 11) is -4.00. The molecule has 0 spiro atoms. The van der Waals surface area contributed by atoms with Gasteiger partial charge in [0.15, 0.2) is 5.15 Å². The first-order valence-electron chi connectivity index (χ1n) is 17.2. The molecule has 2 aromatic heterocycles. The van der Waals surface area contributed by atoms with E-state index in [4.69, 9.17) is 28.3 Å². The van der Waals surface area contributed by atoms with E-state index in [9.17, 15) is 18.3 Å². The average molecular weight is 827 g/mol. The number of halogens is 2. The zero-order valence-corrected chi connectivity index (χ0v) is 36.0. The summed E-state index contributed by atoms with van der Waals surface area (Å²) in [5.74, 6) is 0.990. The Morgan fingerprint density at radius 3 is 2.40 bits per heavy atom. The van der Waals surface area contributed by atoms with Gasteiger partial charge in [0.25, 0.3) is 5.91 Å². The molecule has 0 saturated carbocycles. The van der Waals surface area contributed by atoms with Crippen LogP contribution in [0.1, 0.15) is 59.7 Å². The van der Waals surface area contributed by atoms with Crippen molar-refractivity contribution in [1.82, 2.24) is 35.6 Å². The smallest absolute Gasteiger partial charge is 0.390 e. The average Bonchev–Trinajstić information content (AvgIpc) is 3.89. The number of fused-ring (bicyclic) bond motifs is 1. The molecule has 6 aromatic rings. The first-order valence-corrected chi connectivity index (χ1v) is 19.5. The van der Waals surface area contributed by atoms with Crippen molar-refractivity contribution >= 4 is 44.8 Å². The number of aryl methyl sites for hydroxylation is 1. The molecule has 0 radical (unpaired) electrons. The van der Waals surface area contributed by atoms with Crippen LogP contribution in [0.2, 0.25) is 10.2 Å². The van der Waals surface area contributed by atoms with E-state index in [0.717, 1.165) is 65.0 Å². The summed E-state index contributed by atoms with van der Waals surface area (Å²) in [6.45, 7) is 4.62. The Bertz CT molecular complexity index is 2360. The number of nitrogens with one attached hydrogen (secondary N) is 1. The Morgan fingerprint density at radius 1 is 1.02 bits per heavy atom. The Balaban J connectivity index is 0.000000212. The molecule has 7 rings (SSSR count). The van der Waals surface area contributed by atoms with Crippen LogP contribution in [0.4, 0.5) is 5.69 Å². The van der Waals surface area contributed by atoms with Crippen molar-refractivity contribution in [2.45, 2.75) is 63.6 Å². The molecule has 0 saturated heterocycles. The summed E-state index contributed by atoms with van der Waals surface area (Å²) in [6, 6.07) is 28.1. The molecular formula is C38H38Cl2KN9O4S.